The van der Waals surface area contributed by atoms with Gasteiger partial charge in [0.25, 0.3) is 5.91 Å². The summed E-state index contributed by atoms with van der Waals surface area (Å²) in [5.74, 6) is -2.64. The van der Waals surface area contributed by atoms with Crippen molar-refractivity contribution in [2.24, 2.45) is 0 Å². The molecule has 1 heterocycles. The lowest BCUT2D eigenvalue weighted by Gasteiger charge is -2.15. The predicted molar refractivity (Wildman–Crippen MR) is 40.0 cm³/mol. The largest absolute Gasteiger partial charge is 0.349 e. The lowest BCUT2D eigenvalue weighted by molar-refractivity contribution is -0.218. The van der Waals surface area contributed by atoms with Crippen molar-refractivity contribution < 1.29 is 10.2 Å². The molecule has 13 heavy (non-hydrogen) atoms. The first kappa shape index (κ1) is 9.42. The number of rotatable bonds is 1. The van der Waals surface area contributed by atoms with Crippen molar-refractivity contribution in [2.45, 2.75) is 12.8 Å². The molecule has 1 aromatic rings. The minimum absolute atomic E-state index is 0.0639. The summed E-state index contributed by atoms with van der Waals surface area (Å²) in [7, 11) is 0. The Balaban J connectivity index is 3.67. The van der Waals surface area contributed by atoms with E-state index in [4.69, 9.17) is 10.2 Å². The molecule has 0 radical (unpaired) electrons. The Bertz CT molecular complexity index is 438. The van der Waals surface area contributed by atoms with Crippen LogP contribution in [0.3, 0.4) is 0 Å². The second-order valence-corrected chi connectivity index (χ2v) is 2.50. The highest BCUT2D eigenvalue weighted by Gasteiger charge is 2.22. The van der Waals surface area contributed by atoms with E-state index in [9.17, 15) is 14.4 Å². The summed E-state index contributed by atoms with van der Waals surface area (Å²) in [5.41, 5.74) is -3.39. The molecule has 0 aliphatic carbocycles. The number of nitrogens with zero attached hydrogens (tertiary/aromatic N) is 1. The summed E-state index contributed by atoms with van der Waals surface area (Å²) in [4.78, 5) is 35.6. The Kier molecular flexibility index (Phi) is 1.94. The number of nitrogens with one attached hydrogen (secondary N) is 2. The molecule has 0 saturated carbocycles. The minimum atomic E-state index is -2.64. The van der Waals surface area contributed by atoms with E-state index < -0.39 is 23.0 Å². The Morgan fingerprint density at radius 3 is 1.85 bits per heavy atom. The molecule has 8 nitrogen and oxygen atoms in total. The van der Waals surface area contributed by atoms with Gasteiger partial charge in [0.15, 0.2) is 0 Å². The topological polar surface area (TPSA) is 128 Å². The van der Waals surface area contributed by atoms with Gasteiger partial charge in [-0.05, 0) is 0 Å². The maximum Gasteiger partial charge on any atom is 0.337 e. The first-order valence-electron chi connectivity index (χ1n) is 3.23. The third kappa shape index (κ3) is 1.73. The van der Waals surface area contributed by atoms with Gasteiger partial charge in [-0.2, -0.15) is 4.57 Å². The zero-order chi connectivity index (χ0) is 10.2. The fourth-order valence-corrected chi connectivity index (χ4v) is 0.814. The Hall–Kier alpha value is -1.67. The molecule has 1 aromatic heterocycles. The zero-order valence-corrected chi connectivity index (χ0v) is 6.57. The molecule has 1 rings (SSSR count). The average Bonchev–Trinajstić information content (AvgIpc) is 1.78. The van der Waals surface area contributed by atoms with E-state index in [1.807, 2.05) is 0 Å². The van der Waals surface area contributed by atoms with E-state index >= 15 is 0 Å². The molecule has 0 fully saturated rings. The SMILES string of the molecule is CC(O)(O)n1c(=O)[nH]c(=O)[nH]c1=O. The average molecular weight is 189 g/mol. The van der Waals surface area contributed by atoms with Crippen LogP contribution in [0.25, 0.3) is 0 Å². The number of hydrogen-bond acceptors (Lipinski definition) is 5. The summed E-state index contributed by atoms with van der Waals surface area (Å²) < 4.78 is 0.0639. The normalized spacial score (nSPS) is 11.6. The summed E-state index contributed by atoms with van der Waals surface area (Å²) in [6, 6.07) is 0. The van der Waals surface area contributed by atoms with E-state index in [1.54, 1.807) is 9.97 Å². The van der Waals surface area contributed by atoms with Gasteiger partial charge in [0.1, 0.15) is 0 Å². The second-order valence-electron chi connectivity index (χ2n) is 2.50. The maximum atomic E-state index is 10.9. The summed E-state index contributed by atoms with van der Waals surface area (Å²) in [5, 5.41) is 17.8. The molecule has 0 aliphatic rings. The first-order chi connectivity index (χ1) is 5.82. The van der Waals surface area contributed by atoms with Crippen LogP contribution in [0.1, 0.15) is 6.92 Å². The fourth-order valence-electron chi connectivity index (χ4n) is 0.814. The van der Waals surface area contributed by atoms with Crippen LogP contribution in [-0.4, -0.2) is 24.7 Å². The predicted octanol–water partition coefficient (Wildman–Crippen LogP) is -3.16. The molecule has 0 saturated heterocycles. The van der Waals surface area contributed by atoms with Gasteiger partial charge in [-0.25, -0.2) is 14.4 Å². The number of H-pyrrole nitrogens is 2. The molecule has 8 heteroatoms. The van der Waals surface area contributed by atoms with Crippen LogP contribution in [0, 0.1) is 0 Å². The molecule has 0 amide bonds. The van der Waals surface area contributed by atoms with Gasteiger partial charge in [0.2, 0.25) is 0 Å². The molecule has 0 aromatic carbocycles. The van der Waals surface area contributed by atoms with Gasteiger partial charge in [0.05, 0.1) is 0 Å². The summed E-state index contributed by atoms with van der Waals surface area (Å²) in [6.07, 6.45) is 0. The van der Waals surface area contributed by atoms with Crippen LogP contribution in [0.15, 0.2) is 14.4 Å². The molecular weight excluding hydrogens is 182 g/mol. The molecule has 0 spiro atoms. The van der Waals surface area contributed by atoms with Gasteiger partial charge >= 0.3 is 17.1 Å². The van der Waals surface area contributed by atoms with E-state index in [0.29, 0.717) is 0 Å². The number of hydrogen-bond donors (Lipinski definition) is 4. The number of aliphatic hydroxyl groups is 2. The molecule has 4 N–H and O–H groups in total. The van der Waals surface area contributed by atoms with Crippen LogP contribution >= 0.6 is 0 Å². The number of aromatic amines is 2. The Labute approximate surface area is 70.1 Å². The highest BCUT2D eigenvalue weighted by Crippen LogP contribution is 1.96. The lowest BCUT2D eigenvalue weighted by Crippen LogP contribution is -2.52. The monoisotopic (exact) mass is 189 g/mol. The van der Waals surface area contributed by atoms with Crippen LogP contribution < -0.4 is 17.1 Å². The van der Waals surface area contributed by atoms with Gasteiger partial charge in [-0.3, -0.25) is 9.97 Å². The second kappa shape index (κ2) is 2.68. The molecule has 72 valence electrons. The molecule has 0 unspecified atom stereocenters. The van der Waals surface area contributed by atoms with E-state index in [-0.39, 0.29) is 4.57 Å². The summed E-state index contributed by atoms with van der Waals surface area (Å²) >= 11 is 0. The zero-order valence-electron chi connectivity index (χ0n) is 6.57. The van der Waals surface area contributed by atoms with Crippen molar-refractivity contribution in [1.29, 1.82) is 0 Å². The third-order valence-electron chi connectivity index (χ3n) is 1.27. The van der Waals surface area contributed by atoms with Crippen molar-refractivity contribution in [3.63, 3.8) is 0 Å². The first-order valence-corrected chi connectivity index (χ1v) is 3.23. The lowest BCUT2D eigenvalue weighted by atomic mass is 10.5. The highest BCUT2D eigenvalue weighted by molar-refractivity contribution is 4.72. The molecular formula is C5H7N3O5. The van der Waals surface area contributed by atoms with Crippen molar-refractivity contribution >= 4 is 0 Å². The van der Waals surface area contributed by atoms with Gasteiger partial charge in [-0.1, -0.05) is 0 Å². The maximum absolute atomic E-state index is 10.9. The van der Waals surface area contributed by atoms with Crippen molar-refractivity contribution in [3.8, 4) is 0 Å². The van der Waals surface area contributed by atoms with Crippen LogP contribution in [0.4, 0.5) is 0 Å². The highest BCUT2D eigenvalue weighted by atomic mass is 16.5. The quantitative estimate of drug-likeness (QED) is 0.346. The van der Waals surface area contributed by atoms with Gasteiger partial charge in [0, 0.05) is 6.92 Å². The van der Waals surface area contributed by atoms with Crippen LogP contribution in [-0.2, 0) is 5.91 Å². The Morgan fingerprint density at radius 1 is 1.15 bits per heavy atom. The Morgan fingerprint density at radius 2 is 1.54 bits per heavy atom. The van der Waals surface area contributed by atoms with Crippen molar-refractivity contribution in [2.75, 3.05) is 0 Å². The third-order valence-corrected chi connectivity index (χ3v) is 1.27. The number of aromatic nitrogens is 3. The van der Waals surface area contributed by atoms with Crippen LogP contribution in [0.2, 0.25) is 0 Å². The molecule has 0 atom stereocenters. The van der Waals surface area contributed by atoms with E-state index in [0.717, 1.165) is 6.92 Å². The van der Waals surface area contributed by atoms with Crippen molar-refractivity contribution in [1.82, 2.24) is 14.5 Å². The standard InChI is InChI=1S/C5H7N3O5/c1-5(12,13)8-3(10)6-2(9)7-4(8)11/h12-13H,1H3,(H2,6,7,9,10,11). The van der Waals surface area contributed by atoms with Gasteiger partial charge < -0.3 is 10.2 Å². The van der Waals surface area contributed by atoms with Gasteiger partial charge in [-0.15, -0.1) is 0 Å². The van der Waals surface area contributed by atoms with E-state index in [2.05, 4.69) is 0 Å². The van der Waals surface area contributed by atoms with E-state index in [1.165, 1.54) is 0 Å². The van der Waals surface area contributed by atoms with Crippen LogP contribution in [0.5, 0.6) is 0 Å². The molecule has 0 aliphatic heterocycles. The minimum Gasteiger partial charge on any atom is -0.349 e. The summed E-state index contributed by atoms with van der Waals surface area (Å²) in [6.45, 7) is 0.807. The van der Waals surface area contributed by atoms with Crippen molar-refractivity contribution in [3.05, 3.63) is 31.5 Å². The molecule has 0 bridgehead atoms. The smallest absolute Gasteiger partial charge is 0.337 e. The fraction of sp³-hybridized carbons (Fsp3) is 0.400.